The highest BCUT2D eigenvalue weighted by Crippen LogP contribution is 2.47. The molecule has 0 radical (unpaired) electrons. The van der Waals surface area contributed by atoms with Crippen molar-refractivity contribution >= 4 is 174 Å². The molecule has 0 saturated heterocycles. The summed E-state index contributed by atoms with van der Waals surface area (Å²) in [5.74, 6) is 0. The third kappa shape index (κ3) is 5.74. The zero-order valence-corrected chi connectivity index (χ0v) is 26.2. The minimum atomic E-state index is 0.485. The zero-order valence-electron chi connectivity index (χ0n) is 10.5. The molecule has 2 aromatic rings. The highest BCUT2D eigenvalue weighted by Gasteiger charge is 2.16. The molecule has 0 nitrogen and oxygen atoms in total. The van der Waals surface area contributed by atoms with Gasteiger partial charge in [0.25, 0.3) is 0 Å². The van der Waals surface area contributed by atoms with Gasteiger partial charge in [0.05, 0.1) is 38.0 Å². The van der Waals surface area contributed by atoms with Gasteiger partial charge in [-0.25, -0.2) is 0 Å². The van der Waals surface area contributed by atoms with Crippen molar-refractivity contribution in [2.24, 2.45) is 0 Å². The summed E-state index contributed by atoms with van der Waals surface area (Å²) in [5, 5.41) is 1.94. The minimum absolute atomic E-state index is 0.485. The van der Waals surface area contributed by atoms with Crippen molar-refractivity contribution in [1.82, 2.24) is 0 Å². The first-order valence-corrected chi connectivity index (χ1v) is 13.1. The molecule has 0 heterocycles. The van der Waals surface area contributed by atoms with Gasteiger partial charge in [-0.2, -0.15) is 0 Å². The lowest BCUT2D eigenvalue weighted by molar-refractivity contribution is 1.49. The third-order valence-electron chi connectivity index (χ3n) is 2.31. The topological polar surface area (TPSA) is 0 Å². The van der Waals surface area contributed by atoms with Gasteiger partial charge in [0.1, 0.15) is 0 Å². The van der Waals surface area contributed by atoms with Crippen molar-refractivity contribution in [3.63, 3.8) is 0 Å². The predicted octanol–water partition coefficient (Wildman–Crippen LogP) is 12.1. The Kier molecular flexibility index (Phi) is 11.7. The van der Waals surface area contributed by atoms with E-state index in [1.165, 1.54) is 0 Å². The monoisotopic (exact) mass is 915 g/mol. The van der Waals surface area contributed by atoms with E-state index in [-0.39, 0.29) is 0 Å². The fraction of sp³-hybridized carbons (Fsp3) is 0. The van der Waals surface area contributed by atoms with Gasteiger partial charge in [-0.05, 0) is 127 Å². The molecule has 132 valence electrons. The molecular weight excluding hydrogens is 925 g/mol. The van der Waals surface area contributed by atoms with E-state index in [1.807, 2.05) is 0 Å². The van der Waals surface area contributed by atoms with Crippen LogP contribution in [0.1, 0.15) is 0 Å². The Morgan fingerprint density at radius 2 is 0.417 bits per heavy atom. The normalized spacial score (nSPS) is 10.5. The molecule has 24 heavy (non-hydrogen) atoms. The fourth-order valence-corrected chi connectivity index (χ4v) is 7.06. The molecule has 0 aliphatic heterocycles. The van der Waals surface area contributed by atoms with E-state index in [2.05, 4.69) is 127 Å². The van der Waals surface area contributed by atoms with E-state index >= 15 is 0 Å². The maximum atomic E-state index is 5.90. The number of hydrogen-bond donors (Lipinski definition) is 0. The summed E-state index contributed by atoms with van der Waals surface area (Å²) < 4.78 is 6.31. The largest absolute Gasteiger partial charge is 0.0814 e. The molecule has 0 N–H and O–H groups in total. The van der Waals surface area contributed by atoms with Crippen LogP contribution >= 0.6 is 174 Å². The lowest BCUT2D eigenvalue weighted by Gasteiger charge is -2.07. The van der Waals surface area contributed by atoms with Gasteiger partial charge in [0.2, 0.25) is 0 Å². The van der Waals surface area contributed by atoms with Crippen molar-refractivity contribution in [3.8, 4) is 0 Å². The highest BCUT2D eigenvalue weighted by molar-refractivity contribution is 9.15. The van der Waals surface area contributed by atoms with Gasteiger partial charge in [-0.1, -0.05) is 46.4 Å². The number of rotatable bonds is 0. The van der Waals surface area contributed by atoms with Gasteiger partial charge in [0.15, 0.2) is 0 Å². The smallest absolute Gasteiger partial charge is 0.0758 e. The number of benzene rings is 2. The van der Waals surface area contributed by atoms with Gasteiger partial charge in [-0.15, -0.1) is 0 Å². The Balaban J connectivity index is 0.000000240. The Morgan fingerprint density at radius 1 is 0.292 bits per heavy atom. The van der Waals surface area contributed by atoms with Crippen LogP contribution in [0, 0.1) is 0 Å². The average molecular weight is 925 g/mol. The third-order valence-corrected chi connectivity index (χ3v) is 14.5. The molecule has 0 aliphatic carbocycles. The summed E-state index contributed by atoms with van der Waals surface area (Å²) >= 11 is 50.2. The molecule has 0 unspecified atom stereocenters. The molecule has 0 bridgehead atoms. The number of halogens is 12. The lowest BCUT2D eigenvalue weighted by atomic mass is 10.4. The quantitative estimate of drug-likeness (QED) is 0.182. The summed E-state index contributed by atoms with van der Waals surface area (Å²) in [6.07, 6.45) is 0. The Labute approximate surface area is 226 Å². The molecule has 0 atom stereocenters. The SMILES string of the molecule is Clc1c(Cl)c(Br)c(Br)c(Br)c1Br.Clc1c(Cl)c(Br)c(Br)c(Br)c1Br. The Morgan fingerprint density at radius 3 is 0.542 bits per heavy atom. The van der Waals surface area contributed by atoms with Crippen LogP contribution < -0.4 is 0 Å². The first kappa shape index (κ1) is 25.5. The highest BCUT2D eigenvalue weighted by atomic mass is 79.9. The fourth-order valence-electron chi connectivity index (χ4n) is 1.16. The minimum Gasteiger partial charge on any atom is -0.0814 e. The van der Waals surface area contributed by atoms with Crippen LogP contribution in [-0.2, 0) is 0 Å². The summed E-state index contributed by atoms with van der Waals surface area (Å²) in [5.41, 5.74) is 0. The van der Waals surface area contributed by atoms with Crippen LogP contribution in [0.2, 0.25) is 20.1 Å². The molecule has 2 rings (SSSR count). The molecule has 0 spiro atoms. The number of hydrogen-bond acceptors (Lipinski definition) is 0. The molecule has 0 fully saturated rings. The van der Waals surface area contributed by atoms with E-state index in [1.54, 1.807) is 0 Å². The van der Waals surface area contributed by atoms with Crippen LogP contribution in [0.4, 0.5) is 0 Å². The van der Waals surface area contributed by atoms with E-state index in [9.17, 15) is 0 Å². The van der Waals surface area contributed by atoms with Gasteiger partial charge >= 0.3 is 0 Å². The Bertz CT molecular complexity index is 531. The second-order valence-corrected chi connectivity index (χ2v) is 11.6. The first-order valence-electron chi connectivity index (χ1n) is 5.27. The molecule has 2 aromatic carbocycles. The van der Waals surface area contributed by atoms with E-state index in [0.717, 1.165) is 35.8 Å². The summed E-state index contributed by atoms with van der Waals surface area (Å²) in [6.45, 7) is 0. The van der Waals surface area contributed by atoms with Crippen LogP contribution in [0.5, 0.6) is 0 Å². The van der Waals surface area contributed by atoms with Crippen molar-refractivity contribution in [2.45, 2.75) is 0 Å². The molecule has 0 aliphatic rings. The Hall–Kier alpha value is 3.44. The van der Waals surface area contributed by atoms with Crippen LogP contribution in [0.3, 0.4) is 0 Å². The van der Waals surface area contributed by atoms with E-state index in [4.69, 9.17) is 46.4 Å². The second kappa shape index (κ2) is 11.0. The van der Waals surface area contributed by atoms with Crippen molar-refractivity contribution in [2.75, 3.05) is 0 Å². The van der Waals surface area contributed by atoms with E-state index < -0.39 is 0 Å². The molecule has 0 aromatic heterocycles. The van der Waals surface area contributed by atoms with Crippen LogP contribution in [0.25, 0.3) is 0 Å². The second-order valence-electron chi connectivity index (χ2n) is 3.77. The van der Waals surface area contributed by atoms with Gasteiger partial charge in [-0.3, -0.25) is 0 Å². The van der Waals surface area contributed by atoms with Crippen LogP contribution in [-0.4, -0.2) is 0 Å². The van der Waals surface area contributed by atoms with Gasteiger partial charge < -0.3 is 0 Å². The maximum Gasteiger partial charge on any atom is 0.0758 e. The average Bonchev–Trinajstić information content (AvgIpc) is 2.58. The lowest BCUT2D eigenvalue weighted by Crippen LogP contribution is -1.80. The predicted molar refractivity (Wildman–Crippen MR) is 135 cm³/mol. The van der Waals surface area contributed by atoms with Gasteiger partial charge in [0, 0.05) is 17.9 Å². The van der Waals surface area contributed by atoms with E-state index in [0.29, 0.717) is 20.1 Å². The summed E-state index contributed by atoms with van der Waals surface area (Å²) in [6, 6.07) is 0. The molecule has 0 saturated carbocycles. The van der Waals surface area contributed by atoms with Crippen molar-refractivity contribution in [1.29, 1.82) is 0 Å². The van der Waals surface area contributed by atoms with Crippen LogP contribution in [0.15, 0.2) is 35.8 Å². The van der Waals surface area contributed by atoms with Crippen molar-refractivity contribution in [3.05, 3.63) is 55.9 Å². The summed E-state index contributed by atoms with van der Waals surface area (Å²) in [7, 11) is 0. The van der Waals surface area contributed by atoms with Crippen molar-refractivity contribution < 1.29 is 0 Å². The standard InChI is InChI=1S/2C6Br4Cl2/c2*7-1-2(8)4(10)6(12)5(11)3(1)9. The summed E-state index contributed by atoms with van der Waals surface area (Å²) in [4.78, 5) is 0. The molecule has 12 heteroatoms. The maximum absolute atomic E-state index is 5.90. The zero-order chi connectivity index (χ0) is 18.9. The first-order chi connectivity index (χ1) is 10.9. The molecular formula is C12Br8Cl4. The molecule has 0 amide bonds.